The Morgan fingerprint density at radius 3 is 2.67 bits per heavy atom. The first-order valence-corrected chi connectivity index (χ1v) is 9.54. The molecule has 0 unspecified atom stereocenters. The van der Waals surface area contributed by atoms with Crippen LogP contribution in [0.4, 0.5) is 0 Å². The predicted molar refractivity (Wildman–Crippen MR) is 110 cm³/mol. The first kappa shape index (κ1) is 19.4. The van der Waals surface area contributed by atoms with Crippen LogP contribution in [0.25, 0.3) is 22.7 Å². The van der Waals surface area contributed by atoms with E-state index in [4.69, 9.17) is 9.15 Å². The van der Waals surface area contributed by atoms with Crippen LogP contribution in [0, 0.1) is 0 Å². The molecular formula is C22H21N5O3. The third kappa shape index (κ3) is 4.72. The predicted octanol–water partition coefficient (Wildman–Crippen LogP) is 3.38. The molecule has 152 valence electrons. The van der Waals surface area contributed by atoms with E-state index in [9.17, 15) is 4.79 Å². The number of nitrogens with one attached hydrogen (secondary N) is 2. The highest BCUT2D eigenvalue weighted by Gasteiger charge is 2.10. The number of aromatic amines is 1. The first-order chi connectivity index (χ1) is 14.7. The zero-order chi connectivity index (χ0) is 20.8. The Bertz CT molecular complexity index is 1100. The number of hydrogen-bond donors (Lipinski definition) is 2. The highest BCUT2D eigenvalue weighted by Crippen LogP contribution is 2.20. The van der Waals surface area contributed by atoms with E-state index in [0.717, 1.165) is 16.9 Å². The minimum absolute atomic E-state index is 0.114. The van der Waals surface area contributed by atoms with Gasteiger partial charge in [0, 0.05) is 24.0 Å². The van der Waals surface area contributed by atoms with Gasteiger partial charge in [-0.1, -0.05) is 30.3 Å². The molecule has 4 aromatic rings. The summed E-state index contributed by atoms with van der Waals surface area (Å²) in [6, 6.07) is 17.2. The molecule has 30 heavy (non-hydrogen) atoms. The molecule has 4 rings (SSSR count). The zero-order valence-electron chi connectivity index (χ0n) is 16.5. The number of H-pyrrole nitrogens is 1. The molecule has 0 aliphatic heterocycles. The average Bonchev–Trinajstić information content (AvgIpc) is 3.47. The maximum Gasteiger partial charge on any atom is 0.220 e. The number of aryl methyl sites for hydroxylation is 1. The van der Waals surface area contributed by atoms with E-state index >= 15 is 0 Å². The van der Waals surface area contributed by atoms with Gasteiger partial charge in [0.25, 0.3) is 0 Å². The summed E-state index contributed by atoms with van der Waals surface area (Å²) in [7, 11) is 1.62. The highest BCUT2D eigenvalue weighted by atomic mass is 16.5. The van der Waals surface area contributed by atoms with Crippen LogP contribution in [0.2, 0.25) is 0 Å². The van der Waals surface area contributed by atoms with Gasteiger partial charge in [0.1, 0.15) is 11.6 Å². The highest BCUT2D eigenvalue weighted by molar-refractivity contribution is 5.76. The van der Waals surface area contributed by atoms with Gasteiger partial charge in [0.2, 0.25) is 5.91 Å². The summed E-state index contributed by atoms with van der Waals surface area (Å²) in [4.78, 5) is 20.8. The van der Waals surface area contributed by atoms with Crippen molar-refractivity contribution in [3.8, 4) is 28.5 Å². The van der Waals surface area contributed by atoms with E-state index in [2.05, 4.69) is 25.5 Å². The maximum atomic E-state index is 12.2. The molecular weight excluding hydrogens is 382 g/mol. The topological polar surface area (TPSA) is 106 Å². The molecule has 0 fully saturated rings. The molecule has 2 N–H and O–H groups in total. The molecule has 0 aliphatic carbocycles. The van der Waals surface area contributed by atoms with Gasteiger partial charge in [0.15, 0.2) is 17.5 Å². The Kier molecular flexibility index (Phi) is 5.84. The summed E-state index contributed by atoms with van der Waals surface area (Å²) < 4.78 is 10.9. The van der Waals surface area contributed by atoms with Crippen molar-refractivity contribution in [3.05, 3.63) is 72.5 Å². The number of ether oxygens (including phenoxy) is 1. The molecule has 0 aliphatic rings. The van der Waals surface area contributed by atoms with E-state index in [0.29, 0.717) is 29.7 Å². The van der Waals surface area contributed by atoms with Crippen molar-refractivity contribution in [2.45, 2.75) is 19.4 Å². The fourth-order valence-corrected chi connectivity index (χ4v) is 2.90. The molecule has 2 aromatic carbocycles. The van der Waals surface area contributed by atoms with Crippen LogP contribution in [0.3, 0.4) is 0 Å². The van der Waals surface area contributed by atoms with Crippen molar-refractivity contribution in [1.29, 1.82) is 0 Å². The lowest BCUT2D eigenvalue weighted by molar-refractivity contribution is -0.121. The Balaban J connectivity index is 1.26. The molecule has 2 heterocycles. The van der Waals surface area contributed by atoms with E-state index in [1.165, 1.54) is 0 Å². The second kappa shape index (κ2) is 9.04. The van der Waals surface area contributed by atoms with E-state index in [1.807, 2.05) is 54.6 Å². The average molecular weight is 403 g/mol. The lowest BCUT2D eigenvalue weighted by Gasteiger charge is -2.01. The lowest BCUT2D eigenvalue weighted by atomic mass is 10.2. The number of benzene rings is 2. The quantitative estimate of drug-likeness (QED) is 0.467. The molecule has 0 saturated carbocycles. The fraction of sp³-hybridized carbons (Fsp3) is 0.182. The maximum absolute atomic E-state index is 12.2. The Hall–Kier alpha value is -3.94. The number of hydrogen-bond acceptors (Lipinski definition) is 6. The smallest absolute Gasteiger partial charge is 0.220 e. The van der Waals surface area contributed by atoms with Gasteiger partial charge in [-0.2, -0.15) is 5.10 Å². The molecule has 0 spiro atoms. The summed E-state index contributed by atoms with van der Waals surface area (Å²) in [5.41, 5.74) is 1.82. The Labute approximate surface area is 173 Å². The van der Waals surface area contributed by atoms with Crippen LogP contribution in [-0.2, 0) is 17.8 Å². The largest absolute Gasteiger partial charge is 0.497 e. The van der Waals surface area contributed by atoms with Crippen LogP contribution >= 0.6 is 0 Å². The van der Waals surface area contributed by atoms with Crippen LogP contribution < -0.4 is 10.1 Å². The van der Waals surface area contributed by atoms with Crippen molar-refractivity contribution < 1.29 is 13.9 Å². The van der Waals surface area contributed by atoms with Crippen molar-refractivity contribution in [2.75, 3.05) is 7.11 Å². The molecule has 2 aromatic heterocycles. The monoisotopic (exact) mass is 403 g/mol. The molecule has 0 atom stereocenters. The molecule has 1 amide bonds. The van der Waals surface area contributed by atoms with Crippen molar-refractivity contribution in [1.82, 2.24) is 25.5 Å². The van der Waals surface area contributed by atoms with Crippen molar-refractivity contribution in [3.63, 3.8) is 0 Å². The van der Waals surface area contributed by atoms with Crippen LogP contribution in [0.1, 0.15) is 18.1 Å². The minimum Gasteiger partial charge on any atom is -0.497 e. The number of carbonyl (C=O) groups is 1. The number of methoxy groups -OCH3 is 1. The second-order valence-electron chi connectivity index (χ2n) is 6.60. The molecule has 0 bridgehead atoms. The van der Waals surface area contributed by atoms with Gasteiger partial charge in [-0.15, -0.1) is 0 Å². The number of oxazole rings is 1. The summed E-state index contributed by atoms with van der Waals surface area (Å²) in [6.45, 7) is 0.267. The summed E-state index contributed by atoms with van der Waals surface area (Å²) >= 11 is 0. The Morgan fingerprint density at radius 1 is 1.10 bits per heavy atom. The van der Waals surface area contributed by atoms with Gasteiger partial charge < -0.3 is 14.5 Å². The molecule has 0 radical (unpaired) electrons. The minimum atomic E-state index is -0.114. The Morgan fingerprint density at radius 2 is 1.90 bits per heavy atom. The summed E-state index contributed by atoms with van der Waals surface area (Å²) in [5.74, 6) is 3.02. The lowest BCUT2D eigenvalue weighted by Crippen LogP contribution is -2.23. The van der Waals surface area contributed by atoms with Crippen molar-refractivity contribution >= 4 is 5.91 Å². The second-order valence-corrected chi connectivity index (χ2v) is 6.60. The number of rotatable bonds is 8. The third-order valence-corrected chi connectivity index (χ3v) is 4.51. The SMILES string of the molecule is COc1ccc(-c2n[nH]c(CNC(=O)CCc3ncc(-c4ccccc4)o3)n2)cc1. The fourth-order valence-electron chi connectivity index (χ4n) is 2.90. The van der Waals surface area contributed by atoms with Gasteiger partial charge in [0.05, 0.1) is 19.9 Å². The van der Waals surface area contributed by atoms with Crippen LogP contribution in [0.15, 0.2) is 65.2 Å². The van der Waals surface area contributed by atoms with E-state index in [-0.39, 0.29) is 18.9 Å². The molecule has 0 saturated heterocycles. The molecule has 8 heteroatoms. The standard InChI is InChI=1S/C22H21N5O3/c1-29-17-9-7-16(8-10-17)22-25-19(26-27-22)14-23-20(28)11-12-21-24-13-18(30-21)15-5-3-2-4-6-15/h2-10,13H,11-12,14H2,1H3,(H,23,28)(H,25,26,27). The van der Waals surface area contributed by atoms with Gasteiger partial charge in [-0.3, -0.25) is 9.89 Å². The molecule has 8 nitrogen and oxygen atoms in total. The normalized spacial score (nSPS) is 10.7. The van der Waals surface area contributed by atoms with Crippen molar-refractivity contribution in [2.24, 2.45) is 0 Å². The van der Waals surface area contributed by atoms with Gasteiger partial charge in [-0.05, 0) is 24.3 Å². The zero-order valence-corrected chi connectivity index (χ0v) is 16.5. The van der Waals surface area contributed by atoms with E-state index in [1.54, 1.807) is 13.3 Å². The summed E-state index contributed by atoms with van der Waals surface area (Å²) in [5, 5.41) is 9.87. The number of nitrogens with zero attached hydrogens (tertiary/aromatic N) is 3. The number of carbonyl (C=O) groups excluding carboxylic acids is 1. The summed E-state index contributed by atoms with van der Waals surface area (Å²) in [6.07, 6.45) is 2.37. The number of amides is 1. The van der Waals surface area contributed by atoms with E-state index < -0.39 is 0 Å². The van der Waals surface area contributed by atoms with Gasteiger partial charge >= 0.3 is 0 Å². The van der Waals surface area contributed by atoms with Crippen LogP contribution in [0.5, 0.6) is 5.75 Å². The van der Waals surface area contributed by atoms with Crippen LogP contribution in [-0.4, -0.2) is 33.2 Å². The van der Waals surface area contributed by atoms with Gasteiger partial charge in [-0.25, -0.2) is 9.97 Å². The first-order valence-electron chi connectivity index (χ1n) is 9.54. The number of aromatic nitrogens is 4. The third-order valence-electron chi connectivity index (χ3n) is 4.51.